The van der Waals surface area contributed by atoms with Crippen LogP contribution in [0, 0.1) is 5.92 Å². The van der Waals surface area contributed by atoms with Gasteiger partial charge in [0.1, 0.15) is 0 Å². The van der Waals surface area contributed by atoms with Crippen LogP contribution in [0.5, 0.6) is 0 Å². The molecule has 2 heterocycles. The minimum atomic E-state index is 0.512. The Morgan fingerprint density at radius 3 is 2.44 bits per heavy atom. The van der Waals surface area contributed by atoms with Gasteiger partial charge in [-0.3, -0.25) is 0 Å². The number of anilines is 1. The molecule has 0 aliphatic carbocycles. The number of nitrogens with zero attached hydrogens (tertiary/aromatic N) is 3. The molecule has 0 bridgehead atoms. The standard InChI is InChI=1S/C12H20N4/c1-2-10-3-5-16(6-4-10)12-14-8-11(7-13)9-15-12/h8-10H,2-7,13H2,1H3. The fraction of sp³-hybridized carbons (Fsp3) is 0.667. The molecule has 0 spiro atoms. The average Bonchev–Trinajstić information content (AvgIpc) is 2.39. The Morgan fingerprint density at radius 1 is 1.31 bits per heavy atom. The Balaban J connectivity index is 1.97. The van der Waals surface area contributed by atoms with Gasteiger partial charge in [-0.2, -0.15) is 0 Å². The molecule has 4 heteroatoms. The average molecular weight is 220 g/mol. The Labute approximate surface area is 96.9 Å². The van der Waals surface area contributed by atoms with Crippen molar-refractivity contribution >= 4 is 5.95 Å². The van der Waals surface area contributed by atoms with Crippen LogP contribution in [-0.4, -0.2) is 23.1 Å². The fourth-order valence-corrected chi connectivity index (χ4v) is 2.16. The fourth-order valence-electron chi connectivity index (χ4n) is 2.16. The van der Waals surface area contributed by atoms with E-state index in [0.717, 1.165) is 30.5 Å². The zero-order valence-corrected chi connectivity index (χ0v) is 9.89. The summed E-state index contributed by atoms with van der Waals surface area (Å²) in [5.41, 5.74) is 6.51. The monoisotopic (exact) mass is 220 g/mol. The zero-order valence-electron chi connectivity index (χ0n) is 9.89. The number of rotatable bonds is 3. The van der Waals surface area contributed by atoms with E-state index in [1.807, 2.05) is 12.4 Å². The Morgan fingerprint density at radius 2 is 1.94 bits per heavy atom. The molecule has 0 radical (unpaired) electrons. The largest absolute Gasteiger partial charge is 0.341 e. The van der Waals surface area contributed by atoms with Gasteiger partial charge in [-0.25, -0.2) is 9.97 Å². The van der Waals surface area contributed by atoms with Crippen molar-refractivity contribution in [3.8, 4) is 0 Å². The molecule has 2 rings (SSSR count). The zero-order chi connectivity index (χ0) is 11.4. The van der Waals surface area contributed by atoms with Crippen LogP contribution >= 0.6 is 0 Å². The smallest absolute Gasteiger partial charge is 0.225 e. The van der Waals surface area contributed by atoms with Crippen molar-refractivity contribution in [2.45, 2.75) is 32.7 Å². The molecule has 1 aromatic heterocycles. The molecule has 88 valence electrons. The quantitative estimate of drug-likeness (QED) is 0.840. The molecule has 2 N–H and O–H groups in total. The summed E-state index contributed by atoms with van der Waals surface area (Å²) < 4.78 is 0. The third kappa shape index (κ3) is 2.50. The minimum Gasteiger partial charge on any atom is -0.341 e. The molecule has 0 aromatic carbocycles. The van der Waals surface area contributed by atoms with E-state index in [-0.39, 0.29) is 0 Å². The number of aromatic nitrogens is 2. The highest BCUT2D eigenvalue weighted by molar-refractivity contribution is 5.30. The second-order valence-corrected chi connectivity index (χ2v) is 4.43. The van der Waals surface area contributed by atoms with Crippen LogP contribution in [0.4, 0.5) is 5.95 Å². The molecule has 1 aliphatic rings. The molecule has 0 saturated carbocycles. The van der Waals surface area contributed by atoms with Crippen molar-refractivity contribution < 1.29 is 0 Å². The van der Waals surface area contributed by atoms with E-state index >= 15 is 0 Å². The lowest BCUT2D eigenvalue weighted by atomic mass is 9.95. The van der Waals surface area contributed by atoms with Crippen LogP contribution in [0.2, 0.25) is 0 Å². The first kappa shape index (κ1) is 11.3. The van der Waals surface area contributed by atoms with Crippen molar-refractivity contribution in [2.75, 3.05) is 18.0 Å². The van der Waals surface area contributed by atoms with Crippen molar-refractivity contribution in [1.29, 1.82) is 0 Å². The van der Waals surface area contributed by atoms with E-state index in [1.54, 1.807) is 0 Å². The van der Waals surface area contributed by atoms with Crippen LogP contribution in [0.25, 0.3) is 0 Å². The van der Waals surface area contributed by atoms with Gasteiger partial charge in [0.25, 0.3) is 0 Å². The van der Waals surface area contributed by atoms with Gasteiger partial charge in [-0.05, 0) is 18.8 Å². The topological polar surface area (TPSA) is 55.0 Å². The molecule has 1 saturated heterocycles. The summed E-state index contributed by atoms with van der Waals surface area (Å²) >= 11 is 0. The highest BCUT2D eigenvalue weighted by atomic mass is 15.2. The molecule has 0 amide bonds. The minimum absolute atomic E-state index is 0.512. The van der Waals surface area contributed by atoms with Gasteiger partial charge in [0.2, 0.25) is 5.95 Å². The summed E-state index contributed by atoms with van der Waals surface area (Å²) in [5, 5.41) is 0. The maximum Gasteiger partial charge on any atom is 0.225 e. The van der Waals surface area contributed by atoms with E-state index in [9.17, 15) is 0 Å². The highest BCUT2D eigenvalue weighted by Crippen LogP contribution is 2.22. The van der Waals surface area contributed by atoms with Crippen LogP contribution in [0.3, 0.4) is 0 Å². The first-order valence-electron chi connectivity index (χ1n) is 6.09. The summed E-state index contributed by atoms with van der Waals surface area (Å²) in [4.78, 5) is 11.0. The normalized spacial score (nSPS) is 17.8. The maximum atomic E-state index is 5.52. The highest BCUT2D eigenvalue weighted by Gasteiger charge is 2.19. The van der Waals surface area contributed by atoms with E-state index in [4.69, 9.17) is 5.73 Å². The lowest BCUT2D eigenvalue weighted by Crippen LogP contribution is -2.34. The molecule has 0 unspecified atom stereocenters. The van der Waals surface area contributed by atoms with Crippen molar-refractivity contribution in [3.63, 3.8) is 0 Å². The van der Waals surface area contributed by atoms with E-state index in [1.165, 1.54) is 19.3 Å². The molecule has 1 aromatic rings. The van der Waals surface area contributed by atoms with Crippen LogP contribution in [0.15, 0.2) is 12.4 Å². The van der Waals surface area contributed by atoms with Gasteiger partial charge >= 0.3 is 0 Å². The van der Waals surface area contributed by atoms with E-state index in [0.29, 0.717) is 6.54 Å². The molecular formula is C12H20N4. The van der Waals surface area contributed by atoms with Gasteiger partial charge in [-0.15, -0.1) is 0 Å². The summed E-state index contributed by atoms with van der Waals surface area (Å²) in [7, 11) is 0. The van der Waals surface area contributed by atoms with Crippen molar-refractivity contribution in [1.82, 2.24) is 9.97 Å². The first-order valence-corrected chi connectivity index (χ1v) is 6.09. The molecule has 16 heavy (non-hydrogen) atoms. The third-order valence-corrected chi connectivity index (χ3v) is 3.40. The van der Waals surface area contributed by atoms with Crippen molar-refractivity contribution in [2.24, 2.45) is 11.7 Å². The van der Waals surface area contributed by atoms with Gasteiger partial charge in [0, 0.05) is 37.6 Å². The Bertz CT molecular complexity index is 314. The Kier molecular flexibility index (Phi) is 3.72. The van der Waals surface area contributed by atoms with Gasteiger partial charge in [0.15, 0.2) is 0 Å². The number of nitrogens with two attached hydrogens (primary N) is 1. The number of hydrogen-bond acceptors (Lipinski definition) is 4. The summed E-state index contributed by atoms with van der Waals surface area (Å²) in [6.45, 7) is 4.95. The van der Waals surface area contributed by atoms with Gasteiger partial charge < -0.3 is 10.6 Å². The summed E-state index contributed by atoms with van der Waals surface area (Å²) in [5.74, 6) is 1.74. The second kappa shape index (κ2) is 5.25. The molecule has 0 atom stereocenters. The maximum absolute atomic E-state index is 5.52. The van der Waals surface area contributed by atoms with E-state index < -0.39 is 0 Å². The van der Waals surface area contributed by atoms with Crippen LogP contribution < -0.4 is 10.6 Å². The third-order valence-electron chi connectivity index (χ3n) is 3.40. The molecule has 1 aliphatic heterocycles. The summed E-state index contributed by atoms with van der Waals surface area (Å²) in [6.07, 6.45) is 7.47. The van der Waals surface area contributed by atoms with Crippen LogP contribution in [0.1, 0.15) is 31.7 Å². The van der Waals surface area contributed by atoms with Gasteiger partial charge in [-0.1, -0.05) is 13.3 Å². The van der Waals surface area contributed by atoms with E-state index in [2.05, 4.69) is 21.8 Å². The predicted octanol–water partition coefficient (Wildman–Crippen LogP) is 1.56. The first-order chi connectivity index (χ1) is 7.83. The van der Waals surface area contributed by atoms with Gasteiger partial charge in [0.05, 0.1) is 0 Å². The second-order valence-electron chi connectivity index (χ2n) is 4.43. The Hall–Kier alpha value is -1.16. The molecular weight excluding hydrogens is 200 g/mol. The van der Waals surface area contributed by atoms with Crippen molar-refractivity contribution in [3.05, 3.63) is 18.0 Å². The SMILES string of the molecule is CCC1CCN(c2ncc(CN)cn2)CC1. The molecule has 1 fully saturated rings. The predicted molar refractivity (Wildman–Crippen MR) is 65.2 cm³/mol. The molecule has 4 nitrogen and oxygen atoms in total. The lowest BCUT2D eigenvalue weighted by Gasteiger charge is -2.31. The summed E-state index contributed by atoms with van der Waals surface area (Å²) in [6, 6.07) is 0. The van der Waals surface area contributed by atoms with Crippen LogP contribution in [-0.2, 0) is 6.54 Å². The number of piperidine rings is 1. The lowest BCUT2D eigenvalue weighted by molar-refractivity contribution is 0.392. The number of hydrogen-bond donors (Lipinski definition) is 1.